The Morgan fingerprint density at radius 3 is 2.71 bits per heavy atom. The zero-order valence-electron chi connectivity index (χ0n) is 11.7. The number of nitrogens with two attached hydrogens (primary N) is 1. The summed E-state index contributed by atoms with van der Waals surface area (Å²) in [6.45, 7) is 0. The van der Waals surface area contributed by atoms with Crippen LogP contribution in [0.2, 0.25) is 0 Å². The van der Waals surface area contributed by atoms with Crippen molar-refractivity contribution in [2.24, 2.45) is 11.8 Å². The van der Waals surface area contributed by atoms with Crippen molar-refractivity contribution in [2.75, 3.05) is 0 Å². The molecule has 1 saturated carbocycles. The van der Waals surface area contributed by atoms with Gasteiger partial charge in [-0.15, -0.1) is 11.3 Å². The number of aromatic nitrogens is 1. The molecule has 1 unspecified atom stereocenters. The standard InChI is InChI=1S/C15H19F2N3S/c16-15(17)7-5-10(6-8-15)12(20-18)9-14-19-11-3-1-2-4-13(11)21-14/h1-4,10,12,20H,5-9,18H2. The number of thiazole rings is 1. The van der Waals surface area contributed by atoms with Crippen LogP contribution in [0.3, 0.4) is 0 Å². The van der Waals surface area contributed by atoms with Crippen LogP contribution in [0.25, 0.3) is 10.2 Å². The lowest BCUT2D eigenvalue weighted by Crippen LogP contribution is -2.44. The van der Waals surface area contributed by atoms with Gasteiger partial charge < -0.3 is 0 Å². The number of benzene rings is 1. The molecule has 6 heteroatoms. The Labute approximate surface area is 126 Å². The first-order valence-corrected chi connectivity index (χ1v) is 8.07. The zero-order chi connectivity index (χ0) is 14.9. The van der Waals surface area contributed by atoms with Crippen molar-refractivity contribution >= 4 is 21.6 Å². The van der Waals surface area contributed by atoms with Crippen molar-refractivity contribution in [1.82, 2.24) is 10.4 Å². The predicted molar refractivity (Wildman–Crippen MR) is 81.3 cm³/mol. The second kappa shape index (κ2) is 5.94. The molecule has 0 saturated heterocycles. The molecule has 0 bridgehead atoms. The highest BCUT2D eigenvalue weighted by molar-refractivity contribution is 7.18. The Kier molecular flexibility index (Phi) is 4.19. The van der Waals surface area contributed by atoms with Crippen molar-refractivity contribution in [3.05, 3.63) is 29.3 Å². The van der Waals surface area contributed by atoms with E-state index in [0.29, 0.717) is 19.3 Å². The minimum absolute atomic E-state index is 0.0154. The lowest BCUT2D eigenvalue weighted by atomic mass is 9.81. The molecule has 1 aliphatic carbocycles. The topological polar surface area (TPSA) is 50.9 Å². The van der Waals surface area contributed by atoms with E-state index in [1.807, 2.05) is 24.3 Å². The molecule has 3 N–H and O–H groups in total. The smallest absolute Gasteiger partial charge is 0.248 e. The molecule has 1 fully saturated rings. The van der Waals surface area contributed by atoms with E-state index in [2.05, 4.69) is 10.4 Å². The molecule has 2 aromatic rings. The Morgan fingerprint density at radius 1 is 1.33 bits per heavy atom. The van der Waals surface area contributed by atoms with Gasteiger partial charge in [0.05, 0.1) is 15.2 Å². The maximum atomic E-state index is 13.2. The van der Waals surface area contributed by atoms with Crippen molar-refractivity contribution in [1.29, 1.82) is 0 Å². The predicted octanol–water partition coefficient (Wildman–Crippen LogP) is 3.50. The molecule has 1 aromatic carbocycles. The summed E-state index contributed by atoms with van der Waals surface area (Å²) in [7, 11) is 0. The minimum Gasteiger partial charge on any atom is -0.271 e. The highest BCUT2D eigenvalue weighted by atomic mass is 32.1. The second-order valence-electron chi connectivity index (χ2n) is 5.75. The highest BCUT2D eigenvalue weighted by Gasteiger charge is 2.37. The normalized spacial score (nSPS) is 20.7. The van der Waals surface area contributed by atoms with Crippen LogP contribution in [-0.4, -0.2) is 16.9 Å². The molecule has 3 rings (SSSR count). The van der Waals surface area contributed by atoms with Gasteiger partial charge in [0.2, 0.25) is 5.92 Å². The molecule has 1 aliphatic rings. The van der Waals surface area contributed by atoms with Gasteiger partial charge in [-0.05, 0) is 30.9 Å². The molecule has 21 heavy (non-hydrogen) atoms. The fourth-order valence-corrected chi connectivity index (χ4v) is 4.05. The Morgan fingerprint density at radius 2 is 2.05 bits per heavy atom. The summed E-state index contributed by atoms with van der Waals surface area (Å²) in [5.74, 6) is 3.35. The van der Waals surface area contributed by atoms with Crippen molar-refractivity contribution < 1.29 is 8.78 Å². The SMILES string of the molecule is NNC(Cc1nc2ccccc2s1)C1CCC(F)(F)CC1. The maximum absolute atomic E-state index is 13.2. The lowest BCUT2D eigenvalue weighted by Gasteiger charge is -2.33. The zero-order valence-corrected chi connectivity index (χ0v) is 12.5. The molecule has 0 spiro atoms. The summed E-state index contributed by atoms with van der Waals surface area (Å²) in [6, 6.07) is 8.01. The molecule has 3 nitrogen and oxygen atoms in total. The van der Waals surface area contributed by atoms with Crippen LogP contribution in [-0.2, 0) is 6.42 Å². The van der Waals surface area contributed by atoms with Gasteiger partial charge in [0.25, 0.3) is 0 Å². The number of hydrogen-bond donors (Lipinski definition) is 2. The fourth-order valence-electron chi connectivity index (χ4n) is 3.02. The summed E-state index contributed by atoms with van der Waals surface area (Å²) < 4.78 is 27.7. The first-order chi connectivity index (χ1) is 10.1. The monoisotopic (exact) mass is 311 g/mol. The van der Waals surface area contributed by atoms with Crippen LogP contribution in [0.15, 0.2) is 24.3 Å². The van der Waals surface area contributed by atoms with Crippen LogP contribution < -0.4 is 11.3 Å². The number of fused-ring (bicyclic) bond motifs is 1. The highest BCUT2D eigenvalue weighted by Crippen LogP contribution is 2.38. The summed E-state index contributed by atoms with van der Waals surface area (Å²) in [5, 5.41) is 1.01. The van der Waals surface area contributed by atoms with E-state index in [-0.39, 0.29) is 24.8 Å². The van der Waals surface area contributed by atoms with Gasteiger partial charge in [-0.2, -0.15) is 0 Å². The molecule has 0 amide bonds. The van der Waals surface area contributed by atoms with E-state index in [0.717, 1.165) is 15.2 Å². The van der Waals surface area contributed by atoms with Gasteiger partial charge in [0.15, 0.2) is 0 Å². The number of hydrazine groups is 1. The molecule has 1 atom stereocenters. The summed E-state index contributed by atoms with van der Waals surface area (Å²) in [5.41, 5.74) is 3.80. The molecular weight excluding hydrogens is 292 g/mol. The molecule has 1 heterocycles. The number of hydrogen-bond acceptors (Lipinski definition) is 4. The van der Waals surface area contributed by atoms with Gasteiger partial charge in [-0.3, -0.25) is 11.3 Å². The van der Waals surface area contributed by atoms with E-state index >= 15 is 0 Å². The van der Waals surface area contributed by atoms with E-state index in [1.165, 1.54) is 0 Å². The quantitative estimate of drug-likeness (QED) is 0.671. The van der Waals surface area contributed by atoms with Crippen LogP contribution in [0.1, 0.15) is 30.7 Å². The average molecular weight is 311 g/mol. The number of alkyl halides is 2. The van der Waals surface area contributed by atoms with Crippen molar-refractivity contribution in [2.45, 2.75) is 44.1 Å². The summed E-state index contributed by atoms with van der Waals surface area (Å²) in [4.78, 5) is 4.60. The minimum atomic E-state index is -2.49. The number of nitrogens with zero attached hydrogens (tertiary/aromatic N) is 1. The van der Waals surface area contributed by atoms with Gasteiger partial charge >= 0.3 is 0 Å². The summed E-state index contributed by atoms with van der Waals surface area (Å²) in [6.07, 6.45) is 1.68. The number of para-hydroxylation sites is 1. The molecule has 0 radical (unpaired) electrons. The first kappa shape index (κ1) is 14.8. The fraction of sp³-hybridized carbons (Fsp3) is 0.533. The third-order valence-corrected chi connectivity index (χ3v) is 5.34. The number of rotatable bonds is 4. The van der Waals surface area contributed by atoms with Gasteiger partial charge in [0.1, 0.15) is 0 Å². The van der Waals surface area contributed by atoms with Crippen LogP contribution in [0.5, 0.6) is 0 Å². The first-order valence-electron chi connectivity index (χ1n) is 7.26. The van der Waals surface area contributed by atoms with E-state index in [1.54, 1.807) is 11.3 Å². The summed E-state index contributed by atoms with van der Waals surface area (Å²) >= 11 is 1.65. The Hall–Kier alpha value is -1.11. The van der Waals surface area contributed by atoms with Crippen molar-refractivity contribution in [3.8, 4) is 0 Å². The van der Waals surface area contributed by atoms with Crippen LogP contribution >= 0.6 is 11.3 Å². The van der Waals surface area contributed by atoms with Crippen molar-refractivity contribution in [3.63, 3.8) is 0 Å². The Bertz CT molecular complexity index is 571. The third kappa shape index (κ3) is 3.39. The molecule has 0 aliphatic heterocycles. The van der Waals surface area contributed by atoms with Gasteiger partial charge in [0, 0.05) is 25.3 Å². The Balaban J connectivity index is 1.69. The molecular formula is C15H19F2N3S. The van der Waals surface area contributed by atoms with Crippen LogP contribution in [0, 0.1) is 5.92 Å². The maximum Gasteiger partial charge on any atom is 0.248 e. The van der Waals surface area contributed by atoms with E-state index < -0.39 is 5.92 Å². The second-order valence-corrected chi connectivity index (χ2v) is 6.86. The lowest BCUT2D eigenvalue weighted by molar-refractivity contribution is -0.0495. The largest absolute Gasteiger partial charge is 0.271 e. The third-order valence-electron chi connectivity index (χ3n) is 4.28. The average Bonchev–Trinajstić information content (AvgIpc) is 2.87. The van der Waals surface area contributed by atoms with Crippen LogP contribution in [0.4, 0.5) is 8.78 Å². The van der Waals surface area contributed by atoms with E-state index in [4.69, 9.17) is 5.84 Å². The van der Waals surface area contributed by atoms with Gasteiger partial charge in [-0.1, -0.05) is 12.1 Å². The number of halogens is 2. The molecule has 1 aromatic heterocycles. The molecule has 114 valence electrons. The van der Waals surface area contributed by atoms with E-state index in [9.17, 15) is 8.78 Å². The van der Waals surface area contributed by atoms with Gasteiger partial charge in [-0.25, -0.2) is 13.8 Å². The number of nitrogens with one attached hydrogen (secondary N) is 1.